The number of nitrogens with zero attached hydrogens (tertiary/aromatic N) is 2. The Hall–Kier alpha value is -3.49. The van der Waals surface area contributed by atoms with Gasteiger partial charge < -0.3 is 10.1 Å². The van der Waals surface area contributed by atoms with Crippen molar-refractivity contribution in [1.29, 1.82) is 0 Å². The van der Waals surface area contributed by atoms with Crippen LogP contribution in [-0.2, 0) is 4.74 Å². The zero-order valence-electron chi connectivity index (χ0n) is 12.6. The van der Waals surface area contributed by atoms with E-state index in [-0.39, 0.29) is 18.0 Å². The molecule has 0 saturated heterocycles. The molecule has 24 heavy (non-hydrogen) atoms. The number of carbonyl (C=O) groups is 1. The number of anilines is 2. The van der Waals surface area contributed by atoms with E-state index >= 15 is 0 Å². The number of hydrogen-bond acceptors (Lipinski definition) is 7. The van der Waals surface area contributed by atoms with Gasteiger partial charge in [-0.25, -0.2) is 4.79 Å². The van der Waals surface area contributed by atoms with E-state index in [4.69, 9.17) is 4.74 Å². The third kappa shape index (κ3) is 3.83. The van der Waals surface area contributed by atoms with Gasteiger partial charge >= 0.3 is 5.97 Å². The first-order chi connectivity index (χ1) is 11.4. The fourth-order valence-electron chi connectivity index (χ4n) is 1.95. The molecule has 0 aromatic heterocycles. The smallest absolute Gasteiger partial charge is 0.338 e. The van der Waals surface area contributed by atoms with Gasteiger partial charge in [0.1, 0.15) is 5.69 Å². The Kier molecular flexibility index (Phi) is 5.05. The van der Waals surface area contributed by atoms with Crippen LogP contribution in [0.3, 0.4) is 0 Å². The molecule has 124 valence electrons. The zero-order valence-corrected chi connectivity index (χ0v) is 12.6. The third-order valence-corrected chi connectivity index (χ3v) is 3.06. The van der Waals surface area contributed by atoms with Gasteiger partial charge in [-0.15, -0.1) is 0 Å². The molecule has 2 aromatic carbocycles. The van der Waals surface area contributed by atoms with Gasteiger partial charge in [0.15, 0.2) is 0 Å². The zero-order chi connectivity index (χ0) is 17.7. The van der Waals surface area contributed by atoms with E-state index < -0.39 is 21.5 Å². The molecule has 2 rings (SSSR count). The minimum Gasteiger partial charge on any atom is -0.462 e. The molecule has 0 aliphatic rings. The Labute approximate surface area is 136 Å². The predicted octanol–water partition coefficient (Wildman–Crippen LogP) is 3.42. The van der Waals surface area contributed by atoms with Crippen molar-refractivity contribution >= 4 is 28.7 Å². The fraction of sp³-hybridized carbons (Fsp3) is 0.133. The number of rotatable bonds is 6. The van der Waals surface area contributed by atoms with E-state index in [1.165, 1.54) is 24.3 Å². The van der Waals surface area contributed by atoms with Crippen molar-refractivity contribution in [2.24, 2.45) is 0 Å². The van der Waals surface area contributed by atoms with Crippen molar-refractivity contribution in [3.63, 3.8) is 0 Å². The molecule has 0 radical (unpaired) electrons. The number of carbonyl (C=O) groups excluding carboxylic acids is 1. The summed E-state index contributed by atoms with van der Waals surface area (Å²) in [6.07, 6.45) is 0. The van der Waals surface area contributed by atoms with Crippen LogP contribution < -0.4 is 5.32 Å². The van der Waals surface area contributed by atoms with Crippen LogP contribution in [0.25, 0.3) is 0 Å². The SMILES string of the molecule is CCOC(=O)c1ccc(Nc2ccc([N+](=O)[O-])cc2[N+](=O)[O-])cc1. The number of nitrogens with one attached hydrogen (secondary N) is 1. The second-order valence-corrected chi connectivity index (χ2v) is 4.64. The number of esters is 1. The molecule has 2 aromatic rings. The standard InChI is InChI=1S/C15H13N3O6/c1-2-24-15(19)10-3-5-11(6-4-10)16-13-8-7-12(17(20)21)9-14(13)18(22)23/h3-9,16H,2H2,1H3. The summed E-state index contributed by atoms with van der Waals surface area (Å²) < 4.78 is 4.86. The molecule has 0 atom stereocenters. The normalized spacial score (nSPS) is 10.0. The Morgan fingerprint density at radius 1 is 1.08 bits per heavy atom. The molecule has 0 spiro atoms. The summed E-state index contributed by atoms with van der Waals surface area (Å²) in [6.45, 7) is 1.95. The van der Waals surface area contributed by atoms with Gasteiger partial charge in [0.2, 0.25) is 0 Å². The molecule has 9 nitrogen and oxygen atoms in total. The van der Waals surface area contributed by atoms with Crippen LogP contribution in [-0.4, -0.2) is 22.4 Å². The van der Waals surface area contributed by atoms with Crippen molar-refractivity contribution in [3.05, 3.63) is 68.3 Å². The van der Waals surface area contributed by atoms with Crippen LogP contribution >= 0.6 is 0 Å². The van der Waals surface area contributed by atoms with E-state index in [0.717, 1.165) is 6.07 Å². The van der Waals surface area contributed by atoms with E-state index in [1.807, 2.05) is 0 Å². The first-order valence-electron chi connectivity index (χ1n) is 6.89. The van der Waals surface area contributed by atoms with Gasteiger partial charge in [0.05, 0.1) is 28.1 Å². The summed E-state index contributed by atoms with van der Waals surface area (Å²) in [6, 6.07) is 9.44. The number of benzene rings is 2. The summed E-state index contributed by atoms with van der Waals surface area (Å²) in [5, 5.41) is 24.6. The highest BCUT2D eigenvalue weighted by atomic mass is 16.6. The van der Waals surface area contributed by atoms with E-state index in [9.17, 15) is 25.0 Å². The van der Waals surface area contributed by atoms with Gasteiger partial charge in [-0.3, -0.25) is 20.2 Å². The van der Waals surface area contributed by atoms with E-state index in [2.05, 4.69) is 5.32 Å². The quantitative estimate of drug-likeness (QED) is 0.488. The van der Waals surface area contributed by atoms with Gasteiger partial charge in [0.25, 0.3) is 11.4 Å². The van der Waals surface area contributed by atoms with Crippen molar-refractivity contribution in [2.45, 2.75) is 6.92 Å². The third-order valence-electron chi connectivity index (χ3n) is 3.06. The molecule has 1 N–H and O–H groups in total. The molecular formula is C15H13N3O6. The van der Waals surface area contributed by atoms with Crippen molar-refractivity contribution in [3.8, 4) is 0 Å². The van der Waals surface area contributed by atoms with Gasteiger partial charge in [-0.05, 0) is 37.3 Å². The van der Waals surface area contributed by atoms with E-state index in [0.29, 0.717) is 11.3 Å². The minimum absolute atomic E-state index is 0.106. The van der Waals surface area contributed by atoms with Crippen LogP contribution in [0.1, 0.15) is 17.3 Å². The molecule has 0 bridgehead atoms. The average molecular weight is 331 g/mol. The molecule has 0 unspecified atom stereocenters. The molecule has 0 aliphatic heterocycles. The Bertz CT molecular complexity index is 788. The summed E-state index contributed by atoms with van der Waals surface area (Å²) in [5.74, 6) is -0.467. The number of ether oxygens (including phenoxy) is 1. The summed E-state index contributed by atoms with van der Waals surface area (Å²) in [4.78, 5) is 32.0. The molecule has 0 heterocycles. The van der Waals surface area contributed by atoms with Crippen molar-refractivity contribution in [1.82, 2.24) is 0 Å². The summed E-state index contributed by atoms with van der Waals surface area (Å²) >= 11 is 0. The predicted molar refractivity (Wildman–Crippen MR) is 85.4 cm³/mol. The lowest BCUT2D eigenvalue weighted by molar-refractivity contribution is -0.393. The monoisotopic (exact) mass is 331 g/mol. The van der Waals surface area contributed by atoms with E-state index in [1.54, 1.807) is 19.1 Å². The lowest BCUT2D eigenvalue weighted by Crippen LogP contribution is -2.04. The lowest BCUT2D eigenvalue weighted by atomic mass is 10.2. The minimum atomic E-state index is -0.706. The number of nitro groups is 2. The van der Waals surface area contributed by atoms with Crippen molar-refractivity contribution in [2.75, 3.05) is 11.9 Å². The second kappa shape index (κ2) is 7.18. The number of hydrogen-bond donors (Lipinski definition) is 1. The molecule has 0 amide bonds. The summed E-state index contributed by atoms with van der Waals surface area (Å²) in [5.41, 5.74) is 0.152. The first kappa shape index (κ1) is 16.9. The number of nitro benzene ring substituents is 2. The topological polar surface area (TPSA) is 125 Å². The molecule has 0 fully saturated rings. The second-order valence-electron chi connectivity index (χ2n) is 4.64. The maximum absolute atomic E-state index is 11.6. The Morgan fingerprint density at radius 3 is 2.29 bits per heavy atom. The fourth-order valence-corrected chi connectivity index (χ4v) is 1.95. The van der Waals surface area contributed by atoms with Crippen LogP contribution in [0.2, 0.25) is 0 Å². The van der Waals surface area contributed by atoms with Gasteiger partial charge in [0, 0.05) is 11.8 Å². The maximum Gasteiger partial charge on any atom is 0.338 e. The van der Waals surface area contributed by atoms with Crippen LogP contribution in [0, 0.1) is 20.2 Å². The van der Waals surface area contributed by atoms with Gasteiger partial charge in [-0.2, -0.15) is 0 Å². The molecular weight excluding hydrogens is 318 g/mol. The Balaban J connectivity index is 2.26. The van der Waals surface area contributed by atoms with Crippen molar-refractivity contribution < 1.29 is 19.4 Å². The average Bonchev–Trinajstić information content (AvgIpc) is 2.55. The molecule has 0 saturated carbocycles. The highest BCUT2D eigenvalue weighted by Crippen LogP contribution is 2.31. The lowest BCUT2D eigenvalue weighted by Gasteiger charge is -2.08. The van der Waals surface area contributed by atoms with Crippen LogP contribution in [0.4, 0.5) is 22.7 Å². The number of non-ortho nitro benzene ring substituents is 1. The van der Waals surface area contributed by atoms with Crippen LogP contribution in [0.5, 0.6) is 0 Å². The first-order valence-corrected chi connectivity index (χ1v) is 6.89. The highest BCUT2D eigenvalue weighted by Gasteiger charge is 2.19. The largest absolute Gasteiger partial charge is 0.462 e. The summed E-state index contributed by atoms with van der Waals surface area (Å²) in [7, 11) is 0. The molecule has 0 aliphatic carbocycles. The highest BCUT2D eigenvalue weighted by molar-refractivity contribution is 5.90. The maximum atomic E-state index is 11.6. The van der Waals surface area contributed by atoms with Gasteiger partial charge in [-0.1, -0.05) is 0 Å². The Morgan fingerprint density at radius 2 is 1.75 bits per heavy atom. The van der Waals surface area contributed by atoms with Crippen LogP contribution in [0.15, 0.2) is 42.5 Å². The molecule has 9 heteroatoms.